The molecule has 1 unspecified atom stereocenters. The zero-order chi connectivity index (χ0) is 17.4. The Morgan fingerprint density at radius 2 is 2.04 bits per heavy atom. The number of hydrogen-bond acceptors (Lipinski definition) is 3. The summed E-state index contributed by atoms with van der Waals surface area (Å²) in [6, 6.07) is 8.37. The van der Waals surface area contributed by atoms with Gasteiger partial charge in [0, 0.05) is 13.1 Å². The molecule has 1 N–H and O–H groups in total. The van der Waals surface area contributed by atoms with Crippen LogP contribution in [0.25, 0.3) is 11.0 Å². The lowest BCUT2D eigenvalue weighted by Crippen LogP contribution is -2.58. The van der Waals surface area contributed by atoms with Crippen molar-refractivity contribution in [3.8, 4) is 0 Å². The Kier molecular flexibility index (Phi) is 4.28. The lowest BCUT2D eigenvalue weighted by Gasteiger charge is -2.40. The van der Waals surface area contributed by atoms with Crippen molar-refractivity contribution >= 4 is 16.9 Å². The first-order chi connectivity index (χ1) is 12.1. The number of likely N-dealkylation sites (tertiary alicyclic amines) is 1. The molecule has 0 saturated carbocycles. The third kappa shape index (κ3) is 2.84. The van der Waals surface area contributed by atoms with Crippen LogP contribution in [0, 0.1) is 5.92 Å². The molecular weight excluding hydrogens is 312 g/mol. The van der Waals surface area contributed by atoms with Gasteiger partial charge in [-0.25, -0.2) is 4.98 Å². The van der Waals surface area contributed by atoms with Gasteiger partial charge in [-0.1, -0.05) is 26.0 Å². The lowest BCUT2D eigenvalue weighted by atomic mass is 9.86. The number of aromatic nitrogens is 2. The first-order valence-corrected chi connectivity index (χ1v) is 9.58. The summed E-state index contributed by atoms with van der Waals surface area (Å²) in [5.74, 6) is 1.87. The number of piperidine rings is 1. The summed E-state index contributed by atoms with van der Waals surface area (Å²) in [5.41, 5.74) is 1.95. The van der Waals surface area contributed by atoms with E-state index >= 15 is 0 Å². The van der Waals surface area contributed by atoms with Gasteiger partial charge in [-0.2, -0.15) is 0 Å². The largest absolute Gasteiger partial charge is 0.354 e. The van der Waals surface area contributed by atoms with Crippen molar-refractivity contribution in [2.75, 3.05) is 13.1 Å². The smallest absolute Gasteiger partial charge is 0.240 e. The van der Waals surface area contributed by atoms with E-state index in [0.717, 1.165) is 63.2 Å². The van der Waals surface area contributed by atoms with Crippen LogP contribution in [0.5, 0.6) is 0 Å². The summed E-state index contributed by atoms with van der Waals surface area (Å²) < 4.78 is 2.35. The molecule has 0 radical (unpaired) electrons. The number of para-hydroxylation sites is 2. The highest BCUT2D eigenvalue weighted by molar-refractivity contribution is 5.87. The second-order valence-electron chi connectivity index (χ2n) is 7.94. The van der Waals surface area contributed by atoms with Crippen molar-refractivity contribution in [3.63, 3.8) is 0 Å². The van der Waals surface area contributed by atoms with E-state index in [2.05, 4.69) is 46.8 Å². The minimum Gasteiger partial charge on any atom is -0.354 e. The molecular formula is C20H28N4O. The van der Waals surface area contributed by atoms with Gasteiger partial charge in [0.2, 0.25) is 5.91 Å². The highest BCUT2D eigenvalue weighted by Gasteiger charge is 2.48. The van der Waals surface area contributed by atoms with E-state index in [1.54, 1.807) is 0 Å². The number of hydrogen-bond donors (Lipinski definition) is 1. The van der Waals surface area contributed by atoms with E-state index in [0.29, 0.717) is 5.92 Å². The average molecular weight is 340 g/mol. The Hall–Kier alpha value is -1.88. The van der Waals surface area contributed by atoms with Crippen LogP contribution in [-0.2, 0) is 17.9 Å². The molecule has 1 atom stereocenters. The van der Waals surface area contributed by atoms with Crippen LogP contribution in [0.4, 0.5) is 0 Å². The van der Waals surface area contributed by atoms with Crippen LogP contribution in [0.15, 0.2) is 24.3 Å². The van der Waals surface area contributed by atoms with Gasteiger partial charge in [0.05, 0.1) is 17.6 Å². The van der Waals surface area contributed by atoms with Crippen LogP contribution in [0.1, 0.15) is 45.4 Å². The minimum absolute atomic E-state index is 0.225. The van der Waals surface area contributed by atoms with Gasteiger partial charge >= 0.3 is 0 Å². The molecule has 2 aliphatic rings. The fraction of sp³-hybridized carbons (Fsp3) is 0.600. The van der Waals surface area contributed by atoms with Crippen molar-refractivity contribution in [2.45, 2.75) is 58.2 Å². The van der Waals surface area contributed by atoms with Crippen molar-refractivity contribution in [3.05, 3.63) is 30.1 Å². The van der Waals surface area contributed by atoms with E-state index in [-0.39, 0.29) is 11.4 Å². The molecule has 3 heterocycles. The minimum atomic E-state index is -0.307. The number of amides is 1. The first-order valence-electron chi connectivity index (χ1n) is 9.58. The first kappa shape index (κ1) is 16.6. The third-order valence-corrected chi connectivity index (χ3v) is 5.71. The molecule has 1 spiro atoms. The Morgan fingerprint density at radius 1 is 1.24 bits per heavy atom. The number of carbonyl (C=O) groups is 1. The molecule has 0 aliphatic carbocycles. The van der Waals surface area contributed by atoms with Gasteiger partial charge in [0.15, 0.2) is 0 Å². The molecule has 1 aromatic carbocycles. The topological polar surface area (TPSA) is 50.2 Å². The summed E-state index contributed by atoms with van der Waals surface area (Å²) in [6.45, 7) is 8.01. The normalized spacial score (nSPS) is 24.5. The number of rotatable bonds is 4. The molecule has 2 aliphatic heterocycles. The second-order valence-corrected chi connectivity index (χ2v) is 7.94. The van der Waals surface area contributed by atoms with Gasteiger partial charge in [-0.3, -0.25) is 9.69 Å². The molecule has 134 valence electrons. The molecule has 2 aromatic rings. The van der Waals surface area contributed by atoms with Crippen molar-refractivity contribution in [1.29, 1.82) is 0 Å². The Labute approximate surface area is 149 Å². The fourth-order valence-electron chi connectivity index (χ4n) is 4.55. The molecule has 4 rings (SSSR count). The van der Waals surface area contributed by atoms with E-state index in [1.807, 2.05) is 6.07 Å². The van der Waals surface area contributed by atoms with Crippen LogP contribution in [-0.4, -0.2) is 39.0 Å². The van der Waals surface area contributed by atoms with E-state index in [1.165, 1.54) is 5.52 Å². The molecule has 5 nitrogen and oxygen atoms in total. The van der Waals surface area contributed by atoms with Gasteiger partial charge in [0.25, 0.3) is 0 Å². The maximum absolute atomic E-state index is 12.7. The molecule has 1 aromatic heterocycles. The number of nitrogens with one attached hydrogen (secondary N) is 1. The maximum Gasteiger partial charge on any atom is 0.240 e. The van der Waals surface area contributed by atoms with Crippen LogP contribution in [0.2, 0.25) is 0 Å². The number of nitrogens with zero attached hydrogens (tertiary/aromatic N) is 3. The molecule has 1 amide bonds. The van der Waals surface area contributed by atoms with Crippen molar-refractivity contribution in [1.82, 2.24) is 19.8 Å². The quantitative estimate of drug-likeness (QED) is 0.931. The predicted octanol–water partition coefficient (Wildman–Crippen LogP) is 2.94. The lowest BCUT2D eigenvalue weighted by molar-refractivity contribution is -0.135. The standard InChI is InChI=1S/C20H28N4O/c1-15(2)13-24-17-8-4-3-7-16(17)22-18(24)14-23-12-6-10-20(23)9-5-11-21-19(20)25/h3-4,7-8,15H,5-6,9-14H2,1-2H3,(H,21,25). The molecule has 0 bridgehead atoms. The van der Waals surface area contributed by atoms with Crippen molar-refractivity contribution < 1.29 is 4.79 Å². The van der Waals surface area contributed by atoms with Gasteiger partial charge in [-0.15, -0.1) is 0 Å². The summed E-state index contributed by atoms with van der Waals surface area (Å²) in [6.07, 6.45) is 4.12. The Morgan fingerprint density at radius 3 is 2.84 bits per heavy atom. The van der Waals surface area contributed by atoms with E-state index in [9.17, 15) is 4.79 Å². The van der Waals surface area contributed by atoms with Crippen LogP contribution < -0.4 is 5.32 Å². The zero-order valence-electron chi connectivity index (χ0n) is 15.3. The summed E-state index contributed by atoms with van der Waals surface area (Å²) in [7, 11) is 0. The van der Waals surface area contributed by atoms with Crippen LogP contribution >= 0.6 is 0 Å². The van der Waals surface area contributed by atoms with E-state index in [4.69, 9.17) is 4.98 Å². The maximum atomic E-state index is 12.7. The SMILES string of the molecule is CC(C)Cn1c(CN2CCCC23CCCNC3=O)nc2ccccc21. The summed E-state index contributed by atoms with van der Waals surface area (Å²) in [4.78, 5) is 20.0. The molecule has 5 heteroatoms. The van der Waals surface area contributed by atoms with Crippen molar-refractivity contribution in [2.24, 2.45) is 5.92 Å². The monoisotopic (exact) mass is 340 g/mol. The molecule has 2 fully saturated rings. The van der Waals surface area contributed by atoms with Gasteiger partial charge < -0.3 is 9.88 Å². The third-order valence-electron chi connectivity index (χ3n) is 5.71. The number of benzene rings is 1. The second kappa shape index (κ2) is 6.45. The fourth-order valence-corrected chi connectivity index (χ4v) is 4.55. The van der Waals surface area contributed by atoms with Gasteiger partial charge in [0.1, 0.15) is 11.4 Å². The van der Waals surface area contributed by atoms with E-state index < -0.39 is 0 Å². The van der Waals surface area contributed by atoms with Crippen LogP contribution in [0.3, 0.4) is 0 Å². The Bertz CT molecular complexity index is 781. The highest BCUT2D eigenvalue weighted by atomic mass is 16.2. The predicted molar refractivity (Wildman–Crippen MR) is 99.2 cm³/mol. The molecule has 2 saturated heterocycles. The average Bonchev–Trinajstić information content (AvgIpc) is 3.14. The summed E-state index contributed by atoms with van der Waals surface area (Å²) >= 11 is 0. The molecule has 25 heavy (non-hydrogen) atoms. The Balaban J connectivity index is 1.69. The zero-order valence-corrected chi connectivity index (χ0v) is 15.3. The highest BCUT2D eigenvalue weighted by Crippen LogP contribution is 2.37. The van der Waals surface area contributed by atoms with Gasteiger partial charge in [-0.05, 0) is 50.3 Å². The summed E-state index contributed by atoms with van der Waals surface area (Å²) in [5, 5.41) is 3.10. The number of fused-ring (bicyclic) bond motifs is 1. The number of imidazole rings is 1. The number of carbonyl (C=O) groups excluding carboxylic acids is 1.